The van der Waals surface area contributed by atoms with E-state index in [1.54, 1.807) is 18.3 Å². The Kier molecular flexibility index (Phi) is 5.70. The van der Waals surface area contributed by atoms with Gasteiger partial charge in [0.25, 0.3) is 10.0 Å². The number of aromatic nitrogens is 2. The van der Waals surface area contributed by atoms with Gasteiger partial charge >= 0.3 is 0 Å². The SMILES string of the molecule is COc1cccc(OC)c1S(=O)(=O)Nc1noc2cc([C@@H](Cl)c3ccccn3)c3c(c12)OCC3. The molecule has 9 nitrogen and oxygen atoms in total. The summed E-state index contributed by atoms with van der Waals surface area (Å²) < 4.78 is 51.1. The van der Waals surface area contributed by atoms with Crippen LogP contribution in [-0.4, -0.2) is 39.4 Å². The highest BCUT2D eigenvalue weighted by atomic mass is 35.5. The average Bonchev–Trinajstić information content (AvgIpc) is 3.49. The Hall–Kier alpha value is -3.50. The van der Waals surface area contributed by atoms with Crippen molar-refractivity contribution in [2.75, 3.05) is 25.5 Å². The zero-order valence-corrected chi connectivity index (χ0v) is 19.8. The number of halogens is 1. The molecule has 0 radical (unpaired) electrons. The van der Waals surface area contributed by atoms with Crippen molar-refractivity contribution in [1.29, 1.82) is 0 Å². The number of fused-ring (bicyclic) bond motifs is 3. The number of methoxy groups -OCH3 is 2. The second kappa shape index (κ2) is 8.69. The third-order valence-corrected chi connectivity index (χ3v) is 7.42. The number of ether oxygens (including phenoxy) is 3. The summed E-state index contributed by atoms with van der Waals surface area (Å²) >= 11 is 6.76. The Balaban J connectivity index is 1.61. The summed E-state index contributed by atoms with van der Waals surface area (Å²) in [6.45, 7) is 0.422. The van der Waals surface area contributed by atoms with Gasteiger partial charge in [-0.15, -0.1) is 11.6 Å². The first-order valence-corrected chi connectivity index (χ1v) is 12.2. The van der Waals surface area contributed by atoms with Crippen LogP contribution in [0.1, 0.15) is 22.2 Å². The van der Waals surface area contributed by atoms with Crippen molar-refractivity contribution in [3.8, 4) is 17.2 Å². The van der Waals surface area contributed by atoms with Gasteiger partial charge in [-0.2, -0.15) is 0 Å². The Labute approximate surface area is 200 Å². The minimum atomic E-state index is -4.16. The number of hydrogen-bond acceptors (Lipinski definition) is 8. The van der Waals surface area contributed by atoms with Crippen LogP contribution >= 0.6 is 11.6 Å². The lowest BCUT2D eigenvalue weighted by atomic mass is 9.98. The fraction of sp³-hybridized carbons (Fsp3) is 0.217. The summed E-state index contributed by atoms with van der Waals surface area (Å²) in [7, 11) is -1.40. The van der Waals surface area contributed by atoms with Crippen molar-refractivity contribution in [3.05, 3.63) is 65.5 Å². The molecule has 11 heteroatoms. The van der Waals surface area contributed by atoms with Crippen LogP contribution in [0.2, 0.25) is 0 Å². The molecule has 1 N–H and O–H groups in total. The van der Waals surface area contributed by atoms with E-state index in [1.165, 1.54) is 26.4 Å². The molecule has 4 aromatic rings. The first-order chi connectivity index (χ1) is 16.4. The third-order valence-electron chi connectivity index (χ3n) is 5.56. The van der Waals surface area contributed by atoms with Gasteiger partial charge in [-0.1, -0.05) is 17.3 Å². The van der Waals surface area contributed by atoms with Gasteiger partial charge in [0.2, 0.25) is 0 Å². The van der Waals surface area contributed by atoms with Gasteiger partial charge in [0, 0.05) is 18.2 Å². The quantitative estimate of drug-likeness (QED) is 0.373. The molecular weight excluding hydrogens is 482 g/mol. The molecule has 1 atom stereocenters. The second-order valence-corrected chi connectivity index (χ2v) is 9.55. The monoisotopic (exact) mass is 501 g/mol. The van der Waals surface area contributed by atoms with E-state index in [-0.39, 0.29) is 22.2 Å². The summed E-state index contributed by atoms with van der Waals surface area (Å²) in [6, 6.07) is 12.0. The number of nitrogens with zero attached hydrogens (tertiary/aromatic N) is 2. The molecule has 34 heavy (non-hydrogen) atoms. The highest BCUT2D eigenvalue weighted by Gasteiger charge is 2.32. The largest absolute Gasteiger partial charge is 0.495 e. The molecule has 0 spiro atoms. The summed E-state index contributed by atoms with van der Waals surface area (Å²) in [6.07, 6.45) is 2.28. The molecule has 0 fully saturated rings. The van der Waals surface area contributed by atoms with Crippen LogP contribution in [-0.2, 0) is 16.4 Å². The van der Waals surface area contributed by atoms with Crippen molar-refractivity contribution >= 4 is 38.4 Å². The lowest BCUT2D eigenvalue weighted by molar-refractivity contribution is 0.360. The molecule has 1 aliphatic heterocycles. The highest BCUT2D eigenvalue weighted by Crippen LogP contribution is 2.45. The Morgan fingerprint density at radius 1 is 1.12 bits per heavy atom. The molecule has 0 saturated carbocycles. The van der Waals surface area contributed by atoms with Gasteiger partial charge in [0.05, 0.1) is 26.5 Å². The predicted octanol–water partition coefficient (Wildman–Crippen LogP) is 4.30. The van der Waals surface area contributed by atoms with E-state index in [0.717, 1.165) is 11.1 Å². The molecule has 1 aliphatic rings. The predicted molar refractivity (Wildman–Crippen MR) is 125 cm³/mol. The Morgan fingerprint density at radius 3 is 2.56 bits per heavy atom. The van der Waals surface area contributed by atoms with Crippen LogP contribution in [0.25, 0.3) is 11.0 Å². The number of sulfonamides is 1. The van der Waals surface area contributed by atoms with Crippen molar-refractivity contribution < 1.29 is 27.2 Å². The molecule has 0 amide bonds. The Bertz CT molecular complexity index is 1450. The van der Waals surface area contributed by atoms with E-state index < -0.39 is 15.4 Å². The first-order valence-electron chi connectivity index (χ1n) is 10.3. The van der Waals surface area contributed by atoms with E-state index in [9.17, 15) is 8.42 Å². The third kappa shape index (κ3) is 3.68. The summed E-state index contributed by atoms with van der Waals surface area (Å²) in [4.78, 5) is 4.19. The fourth-order valence-electron chi connectivity index (χ4n) is 4.04. The van der Waals surface area contributed by atoms with Crippen LogP contribution < -0.4 is 18.9 Å². The van der Waals surface area contributed by atoms with E-state index in [2.05, 4.69) is 14.9 Å². The van der Waals surface area contributed by atoms with Crippen LogP contribution in [0.15, 0.2) is 58.1 Å². The van der Waals surface area contributed by atoms with E-state index in [0.29, 0.717) is 35.4 Å². The van der Waals surface area contributed by atoms with Crippen molar-refractivity contribution in [2.24, 2.45) is 0 Å². The minimum absolute atomic E-state index is 0.00313. The van der Waals surface area contributed by atoms with E-state index in [1.807, 2.05) is 18.2 Å². The fourth-order valence-corrected chi connectivity index (χ4v) is 5.70. The van der Waals surface area contributed by atoms with Crippen LogP contribution in [0.5, 0.6) is 17.2 Å². The smallest absolute Gasteiger partial charge is 0.270 e. The second-order valence-electron chi connectivity index (χ2n) is 7.49. The zero-order chi connectivity index (χ0) is 23.9. The zero-order valence-electron chi connectivity index (χ0n) is 18.2. The molecule has 0 unspecified atom stereocenters. The molecule has 0 aliphatic carbocycles. The maximum Gasteiger partial charge on any atom is 0.270 e. The molecule has 0 bridgehead atoms. The van der Waals surface area contributed by atoms with Crippen molar-refractivity contribution in [3.63, 3.8) is 0 Å². The number of nitrogens with one attached hydrogen (secondary N) is 1. The van der Waals surface area contributed by atoms with Crippen LogP contribution in [0.4, 0.5) is 5.82 Å². The molecule has 2 aromatic heterocycles. The lowest BCUT2D eigenvalue weighted by Crippen LogP contribution is -2.15. The van der Waals surface area contributed by atoms with Crippen molar-refractivity contribution in [1.82, 2.24) is 10.1 Å². The van der Waals surface area contributed by atoms with Gasteiger partial charge in [-0.3, -0.25) is 9.71 Å². The van der Waals surface area contributed by atoms with Crippen molar-refractivity contribution in [2.45, 2.75) is 16.7 Å². The molecule has 5 rings (SSSR count). The normalized spacial score (nSPS) is 13.9. The summed E-state index contributed by atoms with van der Waals surface area (Å²) in [5, 5.41) is 3.86. The van der Waals surface area contributed by atoms with Gasteiger partial charge < -0.3 is 18.7 Å². The van der Waals surface area contributed by atoms with Gasteiger partial charge in [0.15, 0.2) is 16.3 Å². The van der Waals surface area contributed by atoms with Gasteiger partial charge in [0.1, 0.15) is 28.0 Å². The number of alkyl halides is 1. The van der Waals surface area contributed by atoms with Gasteiger partial charge in [-0.25, -0.2) is 8.42 Å². The van der Waals surface area contributed by atoms with Crippen LogP contribution in [0, 0.1) is 0 Å². The standard InChI is InChI=1S/C23H20ClN3O6S/c1-30-16-7-5-8-17(31-2)22(16)34(28,29)27-23-19-18(33-26-23)12-14(13-9-11-32-21(13)19)20(24)15-6-3-4-10-25-15/h3-8,10,12,20H,9,11H2,1-2H3,(H,26,27)/t20-/m1/s1. The summed E-state index contributed by atoms with van der Waals surface area (Å²) in [5.74, 6) is 0.740. The lowest BCUT2D eigenvalue weighted by Gasteiger charge is -2.15. The number of hydrogen-bond donors (Lipinski definition) is 1. The molecule has 2 aromatic carbocycles. The number of pyridine rings is 1. The maximum absolute atomic E-state index is 13.3. The maximum atomic E-state index is 13.3. The van der Waals surface area contributed by atoms with E-state index in [4.69, 9.17) is 30.3 Å². The summed E-state index contributed by atoms with van der Waals surface area (Å²) in [5.41, 5.74) is 2.65. The number of benzene rings is 2. The van der Waals surface area contributed by atoms with Crippen LogP contribution in [0.3, 0.4) is 0 Å². The number of anilines is 1. The molecule has 3 heterocycles. The average molecular weight is 502 g/mol. The first kappa shape index (κ1) is 22.3. The topological polar surface area (TPSA) is 113 Å². The number of rotatable bonds is 7. The van der Waals surface area contributed by atoms with E-state index >= 15 is 0 Å². The Morgan fingerprint density at radius 2 is 1.88 bits per heavy atom. The minimum Gasteiger partial charge on any atom is -0.495 e. The molecular formula is C23H20ClN3O6S. The highest BCUT2D eigenvalue weighted by molar-refractivity contribution is 7.93. The van der Waals surface area contributed by atoms with Gasteiger partial charge in [-0.05, 0) is 35.9 Å². The molecule has 176 valence electrons. The molecule has 0 saturated heterocycles.